The van der Waals surface area contributed by atoms with Crippen molar-refractivity contribution in [3.05, 3.63) is 53.3 Å². The lowest BCUT2D eigenvalue weighted by atomic mass is 10.2. The van der Waals surface area contributed by atoms with Gasteiger partial charge in [0.2, 0.25) is 5.75 Å². The Balaban J connectivity index is 2.14. The first-order valence-corrected chi connectivity index (χ1v) is 6.98. The lowest BCUT2D eigenvalue weighted by molar-refractivity contribution is 0.0955. The van der Waals surface area contributed by atoms with Gasteiger partial charge >= 0.3 is 0 Å². The predicted octanol–water partition coefficient (Wildman–Crippen LogP) is 2.62. The number of ether oxygens (including phenoxy) is 3. The number of carbonyl (C=O) groups is 1. The molecule has 0 spiro atoms. The van der Waals surface area contributed by atoms with Crippen LogP contribution in [0.1, 0.15) is 15.9 Å². The number of nitrogens with one attached hydrogen (secondary N) is 1. The molecule has 2 aromatic rings. The Morgan fingerprint density at radius 1 is 1.04 bits per heavy atom. The zero-order valence-corrected chi connectivity index (χ0v) is 13.5. The molecule has 0 aliphatic rings. The number of hydrazone groups is 1. The van der Waals surface area contributed by atoms with Crippen molar-refractivity contribution in [2.75, 3.05) is 21.3 Å². The van der Waals surface area contributed by atoms with Crippen LogP contribution >= 0.6 is 0 Å². The van der Waals surface area contributed by atoms with Crippen LogP contribution < -0.4 is 19.6 Å². The van der Waals surface area contributed by atoms with Gasteiger partial charge in [0.1, 0.15) is 5.82 Å². The van der Waals surface area contributed by atoms with Gasteiger partial charge < -0.3 is 14.2 Å². The number of hydrogen-bond acceptors (Lipinski definition) is 5. The largest absolute Gasteiger partial charge is 0.493 e. The fraction of sp³-hybridized carbons (Fsp3) is 0.176. The van der Waals surface area contributed by atoms with Gasteiger partial charge in [0, 0.05) is 11.1 Å². The lowest BCUT2D eigenvalue weighted by Gasteiger charge is -2.12. The Labute approximate surface area is 138 Å². The van der Waals surface area contributed by atoms with E-state index in [0.29, 0.717) is 28.4 Å². The SMILES string of the molecule is COc1cc(/C=N\NC(=O)c2ccc(F)cc2)cc(OC)c1OC. The predicted molar refractivity (Wildman–Crippen MR) is 87.6 cm³/mol. The van der Waals surface area contributed by atoms with Crippen molar-refractivity contribution in [1.82, 2.24) is 5.43 Å². The van der Waals surface area contributed by atoms with Crippen molar-refractivity contribution in [3.8, 4) is 17.2 Å². The molecule has 0 saturated carbocycles. The third-order valence-corrected chi connectivity index (χ3v) is 3.17. The van der Waals surface area contributed by atoms with Crippen molar-refractivity contribution in [2.45, 2.75) is 0 Å². The number of halogens is 1. The first kappa shape index (κ1) is 17.3. The second kappa shape index (κ2) is 7.96. The van der Waals surface area contributed by atoms with Gasteiger partial charge in [0.25, 0.3) is 5.91 Å². The van der Waals surface area contributed by atoms with Crippen molar-refractivity contribution in [1.29, 1.82) is 0 Å². The molecule has 0 fully saturated rings. The lowest BCUT2D eigenvalue weighted by Crippen LogP contribution is -2.17. The van der Waals surface area contributed by atoms with E-state index in [0.717, 1.165) is 0 Å². The molecule has 6 nitrogen and oxygen atoms in total. The van der Waals surface area contributed by atoms with Crippen LogP contribution in [0, 0.1) is 5.82 Å². The summed E-state index contributed by atoms with van der Waals surface area (Å²) in [6.07, 6.45) is 1.44. The highest BCUT2D eigenvalue weighted by molar-refractivity contribution is 5.94. The highest BCUT2D eigenvalue weighted by Gasteiger charge is 2.12. The minimum Gasteiger partial charge on any atom is -0.493 e. The molecule has 1 amide bonds. The van der Waals surface area contributed by atoms with E-state index in [9.17, 15) is 9.18 Å². The third kappa shape index (κ3) is 4.01. The van der Waals surface area contributed by atoms with E-state index in [2.05, 4.69) is 10.5 Å². The highest BCUT2D eigenvalue weighted by atomic mass is 19.1. The molecule has 0 bridgehead atoms. The van der Waals surface area contributed by atoms with Crippen molar-refractivity contribution in [3.63, 3.8) is 0 Å². The molecule has 0 aliphatic heterocycles. The fourth-order valence-corrected chi connectivity index (χ4v) is 2.01. The van der Waals surface area contributed by atoms with E-state index in [1.807, 2.05) is 0 Å². The molecular weight excluding hydrogens is 315 g/mol. The van der Waals surface area contributed by atoms with Crippen LogP contribution in [0.3, 0.4) is 0 Å². The Bertz CT molecular complexity index is 720. The molecular formula is C17H17FN2O4. The topological polar surface area (TPSA) is 69.2 Å². The van der Waals surface area contributed by atoms with E-state index < -0.39 is 11.7 Å². The van der Waals surface area contributed by atoms with E-state index in [1.54, 1.807) is 12.1 Å². The first-order valence-electron chi connectivity index (χ1n) is 6.98. The van der Waals surface area contributed by atoms with E-state index in [4.69, 9.17) is 14.2 Å². The van der Waals surface area contributed by atoms with Crippen LogP contribution in [-0.2, 0) is 0 Å². The van der Waals surface area contributed by atoms with Gasteiger partial charge in [-0.2, -0.15) is 5.10 Å². The molecule has 0 aliphatic carbocycles. The van der Waals surface area contributed by atoms with Crippen LogP contribution in [0.5, 0.6) is 17.2 Å². The molecule has 2 rings (SSSR count). The molecule has 7 heteroatoms. The van der Waals surface area contributed by atoms with Crippen LogP contribution in [0.15, 0.2) is 41.5 Å². The minimum atomic E-state index is -0.446. The Kier molecular flexibility index (Phi) is 5.73. The minimum absolute atomic E-state index is 0.304. The summed E-state index contributed by atoms with van der Waals surface area (Å²) >= 11 is 0. The zero-order valence-electron chi connectivity index (χ0n) is 13.5. The Hall–Kier alpha value is -3.09. The quantitative estimate of drug-likeness (QED) is 0.652. The smallest absolute Gasteiger partial charge is 0.271 e. The standard InChI is InChI=1S/C17H17FN2O4/c1-22-14-8-11(9-15(23-2)16(14)24-3)10-19-20-17(21)12-4-6-13(18)7-5-12/h4-10H,1-3H3,(H,20,21)/b19-10-. The van der Waals surface area contributed by atoms with Gasteiger partial charge in [-0.25, -0.2) is 9.82 Å². The summed E-state index contributed by atoms with van der Waals surface area (Å²) in [4.78, 5) is 11.9. The maximum Gasteiger partial charge on any atom is 0.271 e. The molecule has 0 radical (unpaired) electrons. The maximum absolute atomic E-state index is 12.8. The van der Waals surface area contributed by atoms with Crippen molar-refractivity contribution in [2.24, 2.45) is 5.10 Å². The molecule has 0 heterocycles. The molecule has 24 heavy (non-hydrogen) atoms. The Morgan fingerprint density at radius 3 is 2.12 bits per heavy atom. The van der Waals surface area contributed by atoms with Crippen LogP contribution in [-0.4, -0.2) is 33.5 Å². The van der Waals surface area contributed by atoms with Gasteiger partial charge in [0.05, 0.1) is 27.5 Å². The second-order valence-corrected chi connectivity index (χ2v) is 4.66. The van der Waals surface area contributed by atoms with Crippen molar-refractivity contribution < 1.29 is 23.4 Å². The monoisotopic (exact) mass is 332 g/mol. The van der Waals surface area contributed by atoms with Crippen LogP contribution in [0.2, 0.25) is 0 Å². The average molecular weight is 332 g/mol. The molecule has 0 unspecified atom stereocenters. The number of amides is 1. The number of nitrogens with zero attached hydrogens (tertiary/aromatic N) is 1. The highest BCUT2D eigenvalue weighted by Crippen LogP contribution is 2.37. The number of methoxy groups -OCH3 is 3. The molecule has 0 atom stereocenters. The summed E-state index contributed by atoms with van der Waals surface area (Å²) in [6.45, 7) is 0. The van der Waals surface area contributed by atoms with E-state index in [1.165, 1.54) is 51.8 Å². The normalized spacial score (nSPS) is 10.5. The first-order chi connectivity index (χ1) is 11.6. The van der Waals surface area contributed by atoms with Gasteiger partial charge in [-0.3, -0.25) is 4.79 Å². The van der Waals surface area contributed by atoms with E-state index >= 15 is 0 Å². The third-order valence-electron chi connectivity index (χ3n) is 3.17. The number of hydrogen-bond donors (Lipinski definition) is 1. The summed E-state index contributed by atoms with van der Waals surface area (Å²) in [5, 5.41) is 3.88. The summed E-state index contributed by atoms with van der Waals surface area (Å²) in [5.74, 6) is 0.560. The second-order valence-electron chi connectivity index (χ2n) is 4.66. The van der Waals surface area contributed by atoms with Gasteiger partial charge in [-0.05, 0) is 36.4 Å². The number of benzene rings is 2. The van der Waals surface area contributed by atoms with Gasteiger partial charge in [-0.1, -0.05) is 0 Å². The zero-order chi connectivity index (χ0) is 17.5. The molecule has 1 N–H and O–H groups in total. The Morgan fingerprint density at radius 2 is 1.62 bits per heavy atom. The summed E-state index contributed by atoms with van der Waals surface area (Å²) < 4.78 is 28.5. The van der Waals surface area contributed by atoms with Crippen molar-refractivity contribution >= 4 is 12.1 Å². The van der Waals surface area contributed by atoms with Crippen LogP contribution in [0.4, 0.5) is 4.39 Å². The van der Waals surface area contributed by atoms with Gasteiger partial charge in [-0.15, -0.1) is 0 Å². The average Bonchev–Trinajstić information content (AvgIpc) is 2.61. The number of rotatable bonds is 6. The molecule has 2 aromatic carbocycles. The summed E-state index contributed by atoms with van der Waals surface area (Å²) in [7, 11) is 4.53. The van der Waals surface area contributed by atoms with Gasteiger partial charge in [0.15, 0.2) is 11.5 Å². The van der Waals surface area contributed by atoms with E-state index in [-0.39, 0.29) is 0 Å². The molecule has 0 saturated heterocycles. The summed E-state index contributed by atoms with van der Waals surface area (Å²) in [6, 6.07) is 8.54. The fourth-order valence-electron chi connectivity index (χ4n) is 2.01. The molecule has 0 aromatic heterocycles. The number of carbonyl (C=O) groups excluding carboxylic acids is 1. The maximum atomic E-state index is 12.8. The molecule has 126 valence electrons. The van der Waals surface area contributed by atoms with Crippen LogP contribution in [0.25, 0.3) is 0 Å². The summed E-state index contributed by atoms with van der Waals surface area (Å²) in [5.41, 5.74) is 3.31.